The van der Waals surface area contributed by atoms with Crippen molar-refractivity contribution in [1.29, 1.82) is 0 Å². The molecular weight excluding hydrogens is 747 g/mol. The first kappa shape index (κ1) is 33.1. The van der Waals surface area contributed by atoms with Gasteiger partial charge < -0.3 is 9.15 Å². The Hall–Kier alpha value is -7.76. The molecule has 4 heterocycles. The van der Waals surface area contributed by atoms with Crippen LogP contribution in [0.15, 0.2) is 180 Å². The topological polar surface area (TPSA) is 53.1 Å². The molecule has 14 rings (SSSR count). The van der Waals surface area contributed by atoms with Gasteiger partial charge in [-0.15, -0.1) is 0 Å². The maximum absolute atomic E-state index is 7.19. The standard InChI is InChI=1S/C56H35N3O2/c1-55(2)39-20-8-3-15-33(39)36-28-27-32(31-44(36)55)50-53-51(38-19-7-13-25-47(38)60-53)58-54(57-50)59-45-24-12-6-18-37(45)49-46(59)30-29-43-52(49)61-48-26-14-11-23-42(48)56(43)40-21-9-4-16-34(40)35-17-5-10-22-41(35)56/h3-31H,1-2H3. The van der Waals surface area contributed by atoms with E-state index in [4.69, 9.17) is 19.1 Å². The number of ether oxygens (including phenoxy) is 1. The molecule has 0 unspecified atom stereocenters. The van der Waals surface area contributed by atoms with Crippen molar-refractivity contribution in [2.45, 2.75) is 24.7 Å². The molecule has 0 saturated heterocycles. The van der Waals surface area contributed by atoms with E-state index in [9.17, 15) is 0 Å². The van der Waals surface area contributed by atoms with Crippen LogP contribution in [0.2, 0.25) is 0 Å². The lowest BCUT2D eigenvalue weighted by Crippen LogP contribution is -2.32. The van der Waals surface area contributed by atoms with E-state index in [-0.39, 0.29) is 5.41 Å². The maximum Gasteiger partial charge on any atom is 0.236 e. The molecule has 11 aromatic rings. The molecule has 1 aliphatic heterocycles. The fourth-order valence-electron chi connectivity index (χ4n) is 11.3. The zero-order valence-corrected chi connectivity index (χ0v) is 33.4. The molecular formula is C56H35N3O2. The Morgan fingerprint density at radius 1 is 0.492 bits per heavy atom. The third-order valence-corrected chi connectivity index (χ3v) is 13.9. The highest BCUT2D eigenvalue weighted by Gasteiger charge is 2.51. The zero-order chi connectivity index (χ0) is 40.2. The Balaban J connectivity index is 1.07. The summed E-state index contributed by atoms with van der Waals surface area (Å²) >= 11 is 0. The number of para-hydroxylation sites is 3. The lowest BCUT2D eigenvalue weighted by atomic mass is 9.66. The van der Waals surface area contributed by atoms with E-state index < -0.39 is 5.41 Å². The normalized spacial score (nSPS) is 14.8. The highest BCUT2D eigenvalue weighted by molar-refractivity contribution is 6.14. The minimum absolute atomic E-state index is 0.174. The summed E-state index contributed by atoms with van der Waals surface area (Å²) in [6.07, 6.45) is 0. The monoisotopic (exact) mass is 781 g/mol. The van der Waals surface area contributed by atoms with Gasteiger partial charge in [-0.25, -0.2) is 9.97 Å². The molecule has 0 amide bonds. The van der Waals surface area contributed by atoms with Crippen LogP contribution in [0.1, 0.15) is 47.2 Å². The Morgan fingerprint density at radius 2 is 1.11 bits per heavy atom. The fraction of sp³-hybridized carbons (Fsp3) is 0.0714. The summed E-state index contributed by atoms with van der Waals surface area (Å²) in [7, 11) is 0. The quantitative estimate of drug-likeness (QED) is 0.175. The van der Waals surface area contributed by atoms with Crippen molar-refractivity contribution in [2.75, 3.05) is 0 Å². The van der Waals surface area contributed by atoms with Gasteiger partial charge in [0.05, 0.1) is 21.8 Å². The van der Waals surface area contributed by atoms with E-state index in [1.165, 1.54) is 44.5 Å². The number of benzene rings is 8. The van der Waals surface area contributed by atoms with Gasteiger partial charge in [-0.3, -0.25) is 4.57 Å². The number of nitrogens with zero attached hydrogens (tertiary/aromatic N) is 3. The van der Waals surface area contributed by atoms with Gasteiger partial charge in [0.1, 0.15) is 28.3 Å². The second-order valence-corrected chi connectivity index (χ2v) is 17.2. The molecule has 3 aromatic heterocycles. The highest BCUT2D eigenvalue weighted by atomic mass is 16.5. The molecule has 3 aliphatic rings. The van der Waals surface area contributed by atoms with Crippen LogP contribution in [-0.4, -0.2) is 14.5 Å². The first-order chi connectivity index (χ1) is 30.0. The molecule has 0 N–H and O–H groups in total. The fourth-order valence-corrected chi connectivity index (χ4v) is 11.3. The predicted molar refractivity (Wildman–Crippen MR) is 244 cm³/mol. The minimum Gasteiger partial charge on any atom is -0.456 e. The second-order valence-electron chi connectivity index (χ2n) is 17.2. The number of fused-ring (bicyclic) bond motifs is 19. The summed E-state index contributed by atoms with van der Waals surface area (Å²) in [6, 6.07) is 63.1. The average Bonchev–Trinajstić information content (AvgIpc) is 4.01. The van der Waals surface area contributed by atoms with E-state index in [0.717, 1.165) is 72.2 Å². The van der Waals surface area contributed by atoms with Crippen LogP contribution in [-0.2, 0) is 10.8 Å². The van der Waals surface area contributed by atoms with Crippen LogP contribution in [0, 0.1) is 0 Å². The number of aromatic nitrogens is 3. The molecule has 1 spiro atoms. The summed E-state index contributed by atoms with van der Waals surface area (Å²) in [4.78, 5) is 10.9. The summed E-state index contributed by atoms with van der Waals surface area (Å²) in [6.45, 7) is 4.63. The van der Waals surface area contributed by atoms with Crippen LogP contribution in [0.4, 0.5) is 0 Å². The van der Waals surface area contributed by atoms with Gasteiger partial charge in [0.2, 0.25) is 5.95 Å². The van der Waals surface area contributed by atoms with Crippen molar-refractivity contribution < 1.29 is 9.15 Å². The van der Waals surface area contributed by atoms with Crippen molar-refractivity contribution in [3.8, 4) is 51.0 Å². The Labute approximate surface area is 351 Å². The lowest BCUT2D eigenvalue weighted by molar-refractivity contribution is 0.442. The molecule has 61 heavy (non-hydrogen) atoms. The second kappa shape index (κ2) is 11.5. The van der Waals surface area contributed by atoms with E-state index in [1.807, 2.05) is 18.2 Å². The number of furan rings is 1. The van der Waals surface area contributed by atoms with Crippen LogP contribution >= 0.6 is 0 Å². The SMILES string of the molecule is CC1(C)c2ccccc2-c2ccc(-c3nc(-n4c5ccccc5c5c6c(ccc54)C4(c5ccccc5O6)c5ccccc5-c5ccccc54)nc4c3oc3ccccc34)cc21. The Morgan fingerprint density at radius 3 is 1.90 bits per heavy atom. The molecule has 2 aliphatic carbocycles. The third kappa shape index (κ3) is 4.06. The molecule has 8 aromatic carbocycles. The molecule has 0 bridgehead atoms. The first-order valence-corrected chi connectivity index (χ1v) is 21.0. The van der Waals surface area contributed by atoms with Gasteiger partial charge in [-0.2, -0.15) is 0 Å². The van der Waals surface area contributed by atoms with E-state index in [0.29, 0.717) is 11.5 Å². The molecule has 0 radical (unpaired) electrons. The van der Waals surface area contributed by atoms with Crippen LogP contribution in [0.5, 0.6) is 11.5 Å². The summed E-state index contributed by atoms with van der Waals surface area (Å²) in [5.74, 6) is 2.29. The summed E-state index contributed by atoms with van der Waals surface area (Å²) < 4.78 is 16.1. The van der Waals surface area contributed by atoms with Crippen LogP contribution in [0.25, 0.3) is 83.3 Å². The number of rotatable bonds is 2. The smallest absolute Gasteiger partial charge is 0.236 e. The van der Waals surface area contributed by atoms with Crippen molar-refractivity contribution in [3.05, 3.63) is 209 Å². The summed E-state index contributed by atoms with van der Waals surface area (Å²) in [5.41, 5.74) is 17.7. The van der Waals surface area contributed by atoms with Gasteiger partial charge in [0.15, 0.2) is 5.58 Å². The average molecular weight is 782 g/mol. The van der Waals surface area contributed by atoms with Crippen LogP contribution in [0.3, 0.4) is 0 Å². The minimum atomic E-state index is -0.575. The lowest BCUT2D eigenvalue weighted by Gasteiger charge is -2.39. The van der Waals surface area contributed by atoms with E-state index >= 15 is 0 Å². The Kier molecular flexibility index (Phi) is 6.24. The molecule has 0 atom stereocenters. The zero-order valence-electron chi connectivity index (χ0n) is 33.4. The van der Waals surface area contributed by atoms with Gasteiger partial charge in [-0.05, 0) is 80.9 Å². The first-order valence-electron chi connectivity index (χ1n) is 21.0. The summed E-state index contributed by atoms with van der Waals surface area (Å²) in [5, 5.41) is 3.06. The number of hydrogen-bond donors (Lipinski definition) is 0. The van der Waals surface area contributed by atoms with E-state index in [2.05, 4.69) is 176 Å². The van der Waals surface area contributed by atoms with Gasteiger partial charge >= 0.3 is 0 Å². The highest BCUT2D eigenvalue weighted by Crippen LogP contribution is 2.63. The van der Waals surface area contributed by atoms with E-state index in [1.54, 1.807) is 0 Å². The van der Waals surface area contributed by atoms with Crippen molar-refractivity contribution in [3.63, 3.8) is 0 Å². The van der Waals surface area contributed by atoms with Gasteiger partial charge in [0, 0.05) is 32.9 Å². The predicted octanol–water partition coefficient (Wildman–Crippen LogP) is 13.9. The molecule has 286 valence electrons. The molecule has 0 saturated carbocycles. The van der Waals surface area contributed by atoms with Crippen molar-refractivity contribution in [1.82, 2.24) is 14.5 Å². The molecule has 5 heteroatoms. The Bertz CT molecular complexity index is 3690. The number of hydrogen-bond acceptors (Lipinski definition) is 4. The maximum atomic E-state index is 7.19. The molecule has 0 fully saturated rings. The molecule has 5 nitrogen and oxygen atoms in total. The third-order valence-electron chi connectivity index (χ3n) is 13.9. The van der Waals surface area contributed by atoms with Crippen molar-refractivity contribution in [2.24, 2.45) is 0 Å². The van der Waals surface area contributed by atoms with Crippen molar-refractivity contribution >= 4 is 43.9 Å². The van der Waals surface area contributed by atoms with Gasteiger partial charge in [0.25, 0.3) is 0 Å². The van der Waals surface area contributed by atoms with Gasteiger partial charge in [-0.1, -0.05) is 153 Å². The largest absolute Gasteiger partial charge is 0.456 e. The van der Waals surface area contributed by atoms with Crippen LogP contribution < -0.4 is 4.74 Å².